The molecule has 2 aromatic rings. The quantitative estimate of drug-likeness (QED) is 0.679. The number of likely N-dealkylation sites (tertiary alicyclic amines) is 1. The fourth-order valence-electron chi connectivity index (χ4n) is 5.48. The Morgan fingerprint density at radius 2 is 1.65 bits per heavy atom. The van der Waals surface area contributed by atoms with E-state index in [0.717, 1.165) is 35.1 Å². The molecule has 2 fully saturated rings. The first kappa shape index (κ1) is 22.4. The van der Waals surface area contributed by atoms with Gasteiger partial charge in [0.25, 0.3) is 0 Å². The second-order valence-electron chi connectivity index (χ2n) is 9.90. The van der Waals surface area contributed by atoms with E-state index in [1.165, 1.54) is 0 Å². The number of hydrogen-bond donors (Lipinski definition) is 2. The third kappa shape index (κ3) is 4.39. The van der Waals surface area contributed by atoms with Gasteiger partial charge in [0.1, 0.15) is 12.6 Å². The highest BCUT2D eigenvalue weighted by molar-refractivity contribution is 5.87. The number of carbonyl (C=O) groups is 3. The van der Waals surface area contributed by atoms with E-state index in [0.29, 0.717) is 13.0 Å². The molecular weight excluding hydrogens is 432 g/mol. The van der Waals surface area contributed by atoms with Crippen LogP contribution in [0.15, 0.2) is 48.5 Å². The molecule has 0 spiro atoms. The Morgan fingerprint density at radius 3 is 2.24 bits per heavy atom. The Balaban J connectivity index is 1.25. The molecule has 2 N–H and O–H groups in total. The summed E-state index contributed by atoms with van der Waals surface area (Å²) in [6.45, 7) is 2.85. The molecular formula is C27H30N2O5. The standard InChI is InChI=1S/C27H30N2O5/c1-16-12-18(26(31)32)14-29(13-16)25(30)24(17-10-11-17)28-27(33)34-15-23-21-8-4-2-6-19(21)20-7-3-5-9-22(20)23/h2-9,16-18,23-24H,10-15H2,1H3,(H,28,33)(H,31,32). The van der Waals surface area contributed by atoms with Crippen molar-refractivity contribution >= 4 is 18.0 Å². The van der Waals surface area contributed by atoms with Crippen LogP contribution in [0, 0.1) is 17.8 Å². The van der Waals surface area contributed by atoms with Gasteiger partial charge in [-0.2, -0.15) is 0 Å². The first-order valence-electron chi connectivity index (χ1n) is 12.1. The summed E-state index contributed by atoms with van der Waals surface area (Å²) in [6, 6.07) is 15.6. The van der Waals surface area contributed by atoms with Gasteiger partial charge in [-0.05, 0) is 53.4 Å². The van der Waals surface area contributed by atoms with Gasteiger partial charge in [0.2, 0.25) is 5.91 Å². The lowest BCUT2D eigenvalue weighted by Gasteiger charge is -2.36. The van der Waals surface area contributed by atoms with Crippen molar-refractivity contribution in [2.24, 2.45) is 17.8 Å². The van der Waals surface area contributed by atoms with Crippen molar-refractivity contribution in [3.63, 3.8) is 0 Å². The average Bonchev–Trinajstić information content (AvgIpc) is 3.63. The molecule has 7 heteroatoms. The lowest BCUT2D eigenvalue weighted by atomic mass is 9.90. The lowest BCUT2D eigenvalue weighted by molar-refractivity contribution is -0.147. The molecule has 2 aromatic carbocycles. The molecule has 1 saturated carbocycles. The van der Waals surface area contributed by atoms with Gasteiger partial charge in [-0.1, -0.05) is 55.5 Å². The molecule has 3 unspecified atom stereocenters. The number of aliphatic carboxylic acids is 1. The van der Waals surface area contributed by atoms with Crippen molar-refractivity contribution in [2.45, 2.75) is 38.1 Å². The highest BCUT2D eigenvalue weighted by atomic mass is 16.5. The summed E-state index contributed by atoms with van der Waals surface area (Å²) >= 11 is 0. The first-order valence-corrected chi connectivity index (χ1v) is 12.1. The van der Waals surface area contributed by atoms with Crippen molar-refractivity contribution < 1.29 is 24.2 Å². The van der Waals surface area contributed by atoms with E-state index in [4.69, 9.17) is 4.74 Å². The molecule has 1 aliphatic heterocycles. The number of piperidine rings is 1. The molecule has 2 amide bonds. The minimum Gasteiger partial charge on any atom is -0.481 e. The Hall–Kier alpha value is -3.35. The fourth-order valence-corrected chi connectivity index (χ4v) is 5.48. The molecule has 1 heterocycles. The molecule has 3 aliphatic rings. The molecule has 5 rings (SSSR count). The van der Waals surface area contributed by atoms with Crippen LogP contribution in [0.25, 0.3) is 11.1 Å². The van der Waals surface area contributed by atoms with E-state index in [2.05, 4.69) is 29.6 Å². The highest BCUT2D eigenvalue weighted by Crippen LogP contribution is 2.44. The predicted octanol–water partition coefficient (Wildman–Crippen LogP) is 3.87. The number of fused-ring (bicyclic) bond motifs is 3. The molecule has 7 nitrogen and oxygen atoms in total. The predicted molar refractivity (Wildman–Crippen MR) is 126 cm³/mol. The van der Waals surface area contributed by atoms with Crippen LogP contribution in [0.5, 0.6) is 0 Å². The zero-order valence-corrected chi connectivity index (χ0v) is 19.3. The third-order valence-corrected chi connectivity index (χ3v) is 7.30. The van der Waals surface area contributed by atoms with E-state index < -0.39 is 24.0 Å². The van der Waals surface area contributed by atoms with Gasteiger partial charge >= 0.3 is 12.1 Å². The normalized spacial score (nSPS) is 22.4. The number of carboxylic acids is 1. The van der Waals surface area contributed by atoms with E-state index in [9.17, 15) is 19.5 Å². The minimum absolute atomic E-state index is 0.0486. The number of rotatable bonds is 6. The maximum absolute atomic E-state index is 13.3. The van der Waals surface area contributed by atoms with Gasteiger partial charge in [0, 0.05) is 19.0 Å². The maximum Gasteiger partial charge on any atom is 0.407 e. The summed E-state index contributed by atoms with van der Waals surface area (Å²) in [4.78, 5) is 39.2. The smallest absolute Gasteiger partial charge is 0.407 e. The number of carbonyl (C=O) groups excluding carboxylic acids is 2. The Morgan fingerprint density at radius 1 is 1.03 bits per heavy atom. The van der Waals surface area contributed by atoms with E-state index in [-0.39, 0.29) is 36.8 Å². The number of hydrogen-bond acceptors (Lipinski definition) is 4. The third-order valence-electron chi connectivity index (χ3n) is 7.30. The number of alkyl carbamates (subject to hydrolysis) is 1. The number of nitrogens with zero attached hydrogens (tertiary/aromatic N) is 1. The number of amides is 2. The summed E-state index contributed by atoms with van der Waals surface area (Å²) < 4.78 is 5.65. The first-order chi connectivity index (χ1) is 16.4. The number of ether oxygens (including phenoxy) is 1. The zero-order valence-electron chi connectivity index (χ0n) is 19.3. The van der Waals surface area contributed by atoms with Crippen LogP contribution >= 0.6 is 0 Å². The molecule has 0 bridgehead atoms. The van der Waals surface area contributed by atoms with Gasteiger partial charge in [-0.15, -0.1) is 0 Å². The van der Waals surface area contributed by atoms with Gasteiger partial charge in [0.15, 0.2) is 0 Å². The van der Waals surface area contributed by atoms with Crippen molar-refractivity contribution in [2.75, 3.05) is 19.7 Å². The summed E-state index contributed by atoms with van der Waals surface area (Å²) in [5, 5.41) is 12.3. The number of benzene rings is 2. The minimum atomic E-state index is -0.878. The second kappa shape index (κ2) is 9.12. The van der Waals surface area contributed by atoms with Crippen LogP contribution in [0.4, 0.5) is 4.79 Å². The van der Waals surface area contributed by atoms with Gasteiger partial charge < -0.3 is 20.1 Å². The van der Waals surface area contributed by atoms with Crippen LogP contribution < -0.4 is 5.32 Å². The van der Waals surface area contributed by atoms with Crippen LogP contribution in [0.1, 0.15) is 43.2 Å². The topological polar surface area (TPSA) is 95.9 Å². The SMILES string of the molecule is CC1CC(C(=O)O)CN(C(=O)C(NC(=O)OCC2c3ccccc3-c3ccccc32)C2CC2)C1. The molecule has 2 aliphatic carbocycles. The Bertz CT molecular complexity index is 1070. The summed E-state index contributed by atoms with van der Waals surface area (Å²) in [5.74, 6) is -1.51. The summed E-state index contributed by atoms with van der Waals surface area (Å²) in [6.07, 6.45) is 1.69. The number of carboxylic acid groups (broad SMARTS) is 1. The van der Waals surface area contributed by atoms with Crippen molar-refractivity contribution in [3.05, 3.63) is 59.7 Å². The second-order valence-corrected chi connectivity index (χ2v) is 9.90. The zero-order chi connectivity index (χ0) is 23.8. The molecule has 0 radical (unpaired) electrons. The largest absolute Gasteiger partial charge is 0.481 e. The van der Waals surface area contributed by atoms with Crippen molar-refractivity contribution in [3.8, 4) is 11.1 Å². The van der Waals surface area contributed by atoms with Gasteiger partial charge in [-0.25, -0.2) is 4.79 Å². The van der Waals surface area contributed by atoms with E-state index in [1.54, 1.807) is 4.90 Å². The number of nitrogens with one attached hydrogen (secondary N) is 1. The molecule has 0 aromatic heterocycles. The van der Waals surface area contributed by atoms with E-state index in [1.807, 2.05) is 31.2 Å². The maximum atomic E-state index is 13.3. The van der Waals surface area contributed by atoms with Gasteiger partial charge in [-0.3, -0.25) is 9.59 Å². The highest BCUT2D eigenvalue weighted by Gasteiger charge is 2.42. The van der Waals surface area contributed by atoms with Gasteiger partial charge in [0.05, 0.1) is 5.92 Å². The molecule has 1 saturated heterocycles. The molecule has 178 valence electrons. The average molecular weight is 463 g/mol. The Kier molecular flexibility index (Phi) is 6.02. The summed E-state index contributed by atoms with van der Waals surface area (Å²) in [7, 11) is 0. The molecule has 34 heavy (non-hydrogen) atoms. The Labute approximate surface area is 199 Å². The van der Waals surface area contributed by atoms with E-state index >= 15 is 0 Å². The fraction of sp³-hybridized carbons (Fsp3) is 0.444. The lowest BCUT2D eigenvalue weighted by Crippen LogP contribution is -2.54. The monoisotopic (exact) mass is 462 g/mol. The summed E-state index contributed by atoms with van der Waals surface area (Å²) in [5.41, 5.74) is 4.58. The van der Waals surface area contributed by atoms with Crippen LogP contribution in [0.3, 0.4) is 0 Å². The van der Waals surface area contributed by atoms with Crippen LogP contribution in [0.2, 0.25) is 0 Å². The molecule has 3 atom stereocenters. The van der Waals surface area contributed by atoms with Crippen LogP contribution in [-0.2, 0) is 14.3 Å². The van der Waals surface area contributed by atoms with Crippen LogP contribution in [-0.4, -0.2) is 53.7 Å². The van der Waals surface area contributed by atoms with Crippen molar-refractivity contribution in [1.29, 1.82) is 0 Å². The van der Waals surface area contributed by atoms with Crippen molar-refractivity contribution in [1.82, 2.24) is 10.2 Å².